The number of nitrogens with zero attached hydrogens (tertiary/aromatic N) is 2. The first-order valence-electron chi connectivity index (χ1n) is 10.9. The summed E-state index contributed by atoms with van der Waals surface area (Å²) >= 11 is 0. The molecule has 3 rings (SSSR count). The van der Waals surface area contributed by atoms with Crippen molar-refractivity contribution in [3.8, 4) is 17.0 Å². The van der Waals surface area contributed by atoms with Gasteiger partial charge in [-0.05, 0) is 73.4 Å². The summed E-state index contributed by atoms with van der Waals surface area (Å²) in [4.78, 5) is 7.15. The van der Waals surface area contributed by atoms with Gasteiger partial charge >= 0.3 is 0 Å². The molecule has 1 aromatic carbocycles. The van der Waals surface area contributed by atoms with Crippen LogP contribution in [0.2, 0.25) is 0 Å². The van der Waals surface area contributed by atoms with Gasteiger partial charge in [-0.25, -0.2) is 0 Å². The summed E-state index contributed by atoms with van der Waals surface area (Å²) in [6, 6.07) is 12.8. The molecule has 1 saturated heterocycles. The molecular formula is C25H36N2O. The Kier molecular flexibility index (Phi) is 7.50. The monoisotopic (exact) mass is 380 g/mol. The maximum Gasteiger partial charge on any atom is 0.128 e. The Morgan fingerprint density at radius 3 is 2.68 bits per heavy atom. The molecule has 3 nitrogen and oxygen atoms in total. The van der Waals surface area contributed by atoms with Crippen molar-refractivity contribution in [2.45, 2.75) is 52.9 Å². The van der Waals surface area contributed by atoms with Gasteiger partial charge in [0, 0.05) is 24.8 Å². The molecule has 1 unspecified atom stereocenters. The van der Waals surface area contributed by atoms with Crippen LogP contribution in [0.25, 0.3) is 11.3 Å². The first kappa shape index (κ1) is 20.9. The van der Waals surface area contributed by atoms with Crippen molar-refractivity contribution in [2.75, 3.05) is 26.2 Å². The molecule has 152 valence electrons. The molecule has 3 heteroatoms. The van der Waals surface area contributed by atoms with E-state index in [4.69, 9.17) is 4.74 Å². The van der Waals surface area contributed by atoms with Crippen LogP contribution in [0, 0.1) is 11.8 Å². The van der Waals surface area contributed by atoms with Gasteiger partial charge in [-0.15, -0.1) is 0 Å². The third-order valence-electron chi connectivity index (χ3n) is 5.50. The third kappa shape index (κ3) is 5.81. The average molecular weight is 381 g/mol. The lowest BCUT2D eigenvalue weighted by molar-refractivity contribution is 0.293. The highest BCUT2D eigenvalue weighted by Crippen LogP contribution is 2.35. The predicted molar refractivity (Wildman–Crippen MR) is 118 cm³/mol. The number of aromatic nitrogens is 1. The Balaban J connectivity index is 1.76. The van der Waals surface area contributed by atoms with E-state index in [0.29, 0.717) is 5.92 Å². The zero-order valence-corrected chi connectivity index (χ0v) is 18.0. The molecule has 1 atom stereocenters. The molecule has 0 spiro atoms. The minimum absolute atomic E-state index is 0.606. The number of ether oxygens (including phenoxy) is 1. The fraction of sp³-hybridized carbons (Fsp3) is 0.560. The number of rotatable bonds is 9. The van der Waals surface area contributed by atoms with Gasteiger partial charge in [-0.1, -0.05) is 39.8 Å². The summed E-state index contributed by atoms with van der Waals surface area (Å²) in [6.45, 7) is 13.5. The lowest BCUT2D eigenvalue weighted by Gasteiger charge is -2.19. The molecule has 0 N–H and O–H groups in total. The normalized spacial score (nSPS) is 17.6. The summed E-state index contributed by atoms with van der Waals surface area (Å²) in [5.74, 6) is 3.04. The quantitative estimate of drug-likeness (QED) is 0.498. The standard InChI is InChI=1S/C25H36N2O/c1-19(2)8-7-15-28-25-16-21(22-12-14-27(18-22)17-20(3)4)10-11-23(25)24-9-5-6-13-26-24/h5-6,9-11,13,16,19-20,22H,7-8,12,14-15,17-18H2,1-4H3. The number of likely N-dealkylation sites (tertiary alicyclic amines) is 1. The molecule has 0 bridgehead atoms. The number of pyridine rings is 1. The van der Waals surface area contributed by atoms with Gasteiger partial charge in [-0.2, -0.15) is 0 Å². The van der Waals surface area contributed by atoms with Crippen molar-refractivity contribution >= 4 is 0 Å². The Labute approximate surface area is 171 Å². The predicted octanol–water partition coefficient (Wildman–Crippen LogP) is 6.01. The molecular weight excluding hydrogens is 344 g/mol. The first-order valence-corrected chi connectivity index (χ1v) is 10.9. The molecule has 1 fully saturated rings. The van der Waals surface area contributed by atoms with E-state index in [9.17, 15) is 0 Å². The van der Waals surface area contributed by atoms with Gasteiger partial charge in [0.25, 0.3) is 0 Å². The van der Waals surface area contributed by atoms with Crippen LogP contribution in [-0.2, 0) is 0 Å². The van der Waals surface area contributed by atoms with Crippen LogP contribution < -0.4 is 4.74 Å². The second kappa shape index (κ2) is 10.1. The van der Waals surface area contributed by atoms with Crippen molar-refractivity contribution in [3.05, 3.63) is 48.2 Å². The van der Waals surface area contributed by atoms with Gasteiger partial charge in [0.2, 0.25) is 0 Å². The molecule has 0 amide bonds. The van der Waals surface area contributed by atoms with Crippen LogP contribution in [0.5, 0.6) is 5.75 Å². The maximum absolute atomic E-state index is 6.28. The molecule has 1 aliphatic heterocycles. The molecule has 2 aromatic rings. The van der Waals surface area contributed by atoms with E-state index in [2.05, 4.69) is 61.8 Å². The lowest BCUT2D eigenvalue weighted by atomic mass is 9.96. The van der Waals surface area contributed by atoms with Crippen molar-refractivity contribution in [1.82, 2.24) is 9.88 Å². The molecule has 0 aliphatic carbocycles. The van der Waals surface area contributed by atoms with Gasteiger partial charge in [0.1, 0.15) is 5.75 Å². The second-order valence-corrected chi connectivity index (χ2v) is 8.99. The zero-order chi connectivity index (χ0) is 19.9. The van der Waals surface area contributed by atoms with Crippen molar-refractivity contribution in [3.63, 3.8) is 0 Å². The Morgan fingerprint density at radius 2 is 1.96 bits per heavy atom. The van der Waals surface area contributed by atoms with Crippen LogP contribution in [0.15, 0.2) is 42.6 Å². The summed E-state index contributed by atoms with van der Waals surface area (Å²) in [7, 11) is 0. The highest BCUT2D eigenvalue weighted by Gasteiger charge is 2.25. The Bertz CT molecular complexity index is 727. The molecule has 0 radical (unpaired) electrons. The summed E-state index contributed by atoms with van der Waals surface area (Å²) < 4.78 is 6.28. The van der Waals surface area contributed by atoms with Gasteiger partial charge in [0.05, 0.1) is 12.3 Å². The van der Waals surface area contributed by atoms with E-state index in [1.54, 1.807) is 0 Å². The van der Waals surface area contributed by atoms with E-state index < -0.39 is 0 Å². The topological polar surface area (TPSA) is 25.4 Å². The van der Waals surface area contributed by atoms with Crippen LogP contribution >= 0.6 is 0 Å². The van der Waals surface area contributed by atoms with E-state index in [-0.39, 0.29) is 0 Å². The fourth-order valence-electron chi connectivity index (χ4n) is 4.11. The minimum Gasteiger partial charge on any atom is -0.493 e. The van der Waals surface area contributed by atoms with Crippen molar-refractivity contribution in [1.29, 1.82) is 0 Å². The van der Waals surface area contributed by atoms with Crippen molar-refractivity contribution in [2.24, 2.45) is 11.8 Å². The van der Waals surface area contributed by atoms with Crippen LogP contribution in [0.3, 0.4) is 0 Å². The van der Waals surface area contributed by atoms with Crippen LogP contribution in [0.4, 0.5) is 0 Å². The van der Waals surface area contributed by atoms with Gasteiger partial charge in [-0.3, -0.25) is 4.98 Å². The Morgan fingerprint density at radius 1 is 1.11 bits per heavy atom. The molecule has 0 saturated carbocycles. The SMILES string of the molecule is CC(C)CCCOc1cc(C2CCN(CC(C)C)C2)ccc1-c1ccccn1. The number of hydrogen-bond donors (Lipinski definition) is 0. The van der Waals surface area contributed by atoms with E-state index in [0.717, 1.165) is 48.4 Å². The Hall–Kier alpha value is -1.87. The zero-order valence-electron chi connectivity index (χ0n) is 18.0. The van der Waals surface area contributed by atoms with E-state index >= 15 is 0 Å². The van der Waals surface area contributed by atoms with Crippen LogP contribution in [0.1, 0.15) is 58.4 Å². The van der Waals surface area contributed by atoms with Gasteiger partial charge < -0.3 is 9.64 Å². The maximum atomic E-state index is 6.28. The highest BCUT2D eigenvalue weighted by atomic mass is 16.5. The van der Waals surface area contributed by atoms with Crippen molar-refractivity contribution < 1.29 is 4.74 Å². The smallest absolute Gasteiger partial charge is 0.128 e. The summed E-state index contributed by atoms with van der Waals surface area (Å²) in [5.41, 5.74) is 3.50. The summed E-state index contributed by atoms with van der Waals surface area (Å²) in [6.07, 6.45) is 5.38. The van der Waals surface area contributed by atoms with E-state index in [1.807, 2.05) is 18.3 Å². The molecule has 2 heterocycles. The molecule has 1 aromatic heterocycles. The second-order valence-electron chi connectivity index (χ2n) is 8.99. The minimum atomic E-state index is 0.606. The largest absolute Gasteiger partial charge is 0.493 e. The average Bonchev–Trinajstić information content (AvgIpc) is 3.13. The molecule has 1 aliphatic rings. The number of hydrogen-bond acceptors (Lipinski definition) is 3. The van der Waals surface area contributed by atoms with Gasteiger partial charge in [0.15, 0.2) is 0 Å². The van der Waals surface area contributed by atoms with Crippen LogP contribution in [-0.4, -0.2) is 36.1 Å². The summed E-state index contributed by atoms with van der Waals surface area (Å²) in [5, 5.41) is 0. The number of benzene rings is 1. The van der Waals surface area contributed by atoms with E-state index in [1.165, 1.54) is 31.5 Å². The lowest BCUT2D eigenvalue weighted by Crippen LogP contribution is -2.24. The first-order chi connectivity index (χ1) is 13.5. The fourth-order valence-corrected chi connectivity index (χ4v) is 4.11. The highest BCUT2D eigenvalue weighted by molar-refractivity contribution is 5.67. The molecule has 28 heavy (non-hydrogen) atoms. The third-order valence-corrected chi connectivity index (χ3v) is 5.50.